The molecule has 82 valence electrons. The third-order valence-corrected chi connectivity index (χ3v) is 3.21. The Morgan fingerprint density at radius 1 is 1.27 bits per heavy atom. The molecule has 1 aromatic rings. The van der Waals surface area contributed by atoms with E-state index in [1.165, 1.54) is 0 Å². The number of hydrogen-bond acceptors (Lipinski definition) is 2. The van der Waals surface area contributed by atoms with Crippen LogP contribution in [0.15, 0.2) is 30.3 Å². The van der Waals surface area contributed by atoms with Crippen molar-refractivity contribution in [1.82, 2.24) is 0 Å². The van der Waals surface area contributed by atoms with Crippen LogP contribution in [0.4, 0.5) is 0 Å². The molecule has 2 heteroatoms. The van der Waals surface area contributed by atoms with Crippen molar-refractivity contribution in [1.29, 1.82) is 0 Å². The summed E-state index contributed by atoms with van der Waals surface area (Å²) in [5.74, 6) is 0. The molecule has 0 saturated heterocycles. The molecule has 15 heavy (non-hydrogen) atoms. The molecule has 0 aliphatic heterocycles. The monoisotopic (exact) mass is 206 g/mol. The molecule has 0 heterocycles. The van der Waals surface area contributed by atoms with E-state index in [1.807, 2.05) is 44.2 Å². The molecule has 2 nitrogen and oxygen atoms in total. The summed E-state index contributed by atoms with van der Waals surface area (Å²) >= 11 is 0. The van der Waals surface area contributed by atoms with Crippen LogP contribution in [0.2, 0.25) is 0 Å². The summed E-state index contributed by atoms with van der Waals surface area (Å²) in [6.07, 6.45) is 1.50. The SMILES string of the molecule is CCC(C=O)(CC)[C@@H](O)c1ccccc1. The number of carbonyl (C=O) groups is 1. The summed E-state index contributed by atoms with van der Waals surface area (Å²) in [4.78, 5) is 11.1. The van der Waals surface area contributed by atoms with E-state index in [9.17, 15) is 9.90 Å². The van der Waals surface area contributed by atoms with E-state index in [4.69, 9.17) is 0 Å². The summed E-state index contributed by atoms with van der Waals surface area (Å²) < 4.78 is 0. The first-order chi connectivity index (χ1) is 7.20. The van der Waals surface area contributed by atoms with Crippen LogP contribution in [0.25, 0.3) is 0 Å². The zero-order chi connectivity index (χ0) is 11.3. The predicted octanol–water partition coefficient (Wildman–Crippen LogP) is 2.73. The van der Waals surface area contributed by atoms with Gasteiger partial charge in [0.1, 0.15) is 6.29 Å². The maximum Gasteiger partial charge on any atom is 0.129 e. The van der Waals surface area contributed by atoms with Gasteiger partial charge in [-0.1, -0.05) is 44.2 Å². The lowest BCUT2D eigenvalue weighted by molar-refractivity contribution is -0.123. The van der Waals surface area contributed by atoms with Gasteiger partial charge in [0.2, 0.25) is 0 Å². The highest BCUT2D eigenvalue weighted by atomic mass is 16.3. The first-order valence-corrected chi connectivity index (χ1v) is 5.39. The van der Waals surface area contributed by atoms with Gasteiger partial charge in [0, 0.05) is 0 Å². The third kappa shape index (κ3) is 2.26. The minimum absolute atomic E-state index is 0.638. The summed E-state index contributed by atoms with van der Waals surface area (Å²) in [5, 5.41) is 10.2. The second-order valence-corrected chi connectivity index (χ2v) is 3.87. The van der Waals surface area contributed by atoms with E-state index < -0.39 is 11.5 Å². The van der Waals surface area contributed by atoms with Gasteiger partial charge in [-0.25, -0.2) is 0 Å². The van der Waals surface area contributed by atoms with Crippen molar-refractivity contribution in [2.24, 2.45) is 5.41 Å². The largest absolute Gasteiger partial charge is 0.387 e. The van der Waals surface area contributed by atoms with Crippen molar-refractivity contribution >= 4 is 6.29 Å². The average molecular weight is 206 g/mol. The van der Waals surface area contributed by atoms with Gasteiger partial charge >= 0.3 is 0 Å². The molecule has 0 fully saturated rings. The molecule has 1 atom stereocenters. The maximum absolute atomic E-state index is 11.1. The third-order valence-electron chi connectivity index (χ3n) is 3.21. The first-order valence-electron chi connectivity index (χ1n) is 5.39. The molecule has 0 spiro atoms. The molecule has 0 saturated carbocycles. The minimum Gasteiger partial charge on any atom is -0.387 e. The normalized spacial score (nSPS) is 13.5. The van der Waals surface area contributed by atoms with Crippen LogP contribution >= 0.6 is 0 Å². The highest BCUT2D eigenvalue weighted by Crippen LogP contribution is 2.38. The van der Waals surface area contributed by atoms with E-state index in [0.29, 0.717) is 12.8 Å². The molecule has 1 rings (SSSR count). The molecule has 0 amide bonds. The van der Waals surface area contributed by atoms with Crippen LogP contribution in [-0.4, -0.2) is 11.4 Å². The zero-order valence-corrected chi connectivity index (χ0v) is 9.31. The molecule has 1 aromatic carbocycles. The van der Waals surface area contributed by atoms with Gasteiger partial charge in [0.05, 0.1) is 11.5 Å². The number of hydrogen-bond donors (Lipinski definition) is 1. The number of aliphatic hydroxyl groups excluding tert-OH is 1. The van der Waals surface area contributed by atoms with Crippen molar-refractivity contribution in [2.45, 2.75) is 32.8 Å². The summed E-state index contributed by atoms with van der Waals surface area (Å²) in [7, 11) is 0. The van der Waals surface area contributed by atoms with Crippen LogP contribution in [0.5, 0.6) is 0 Å². The van der Waals surface area contributed by atoms with Gasteiger partial charge in [-0.3, -0.25) is 0 Å². The smallest absolute Gasteiger partial charge is 0.129 e. The zero-order valence-electron chi connectivity index (χ0n) is 9.31. The van der Waals surface area contributed by atoms with Crippen LogP contribution in [0.1, 0.15) is 38.4 Å². The van der Waals surface area contributed by atoms with Crippen LogP contribution < -0.4 is 0 Å². The summed E-state index contributed by atoms with van der Waals surface area (Å²) in [5.41, 5.74) is 0.176. The Labute approximate surface area is 90.9 Å². The maximum atomic E-state index is 11.1. The van der Waals surface area contributed by atoms with Crippen LogP contribution in [-0.2, 0) is 4.79 Å². The van der Waals surface area contributed by atoms with Crippen molar-refractivity contribution in [3.63, 3.8) is 0 Å². The van der Waals surface area contributed by atoms with Gasteiger partial charge in [-0.15, -0.1) is 0 Å². The van der Waals surface area contributed by atoms with Crippen molar-refractivity contribution in [2.75, 3.05) is 0 Å². The molecule has 0 aliphatic carbocycles. The van der Waals surface area contributed by atoms with Gasteiger partial charge in [0.15, 0.2) is 0 Å². The Balaban J connectivity index is 3.00. The van der Waals surface area contributed by atoms with Gasteiger partial charge < -0.3 is 9.90 Å². The van der Waals surface area contributed by atoms with E-state index in [-0.39, 0.29) is 0 Å². The quantitative estimate of drug-likeness (QED) is 0.752. The second-order valence-electron chi connectivity index (χ2n) is 3.87. The molecule has 0 bridgehead atoms. The number of aliphatic hydroxyl groups is 1. The van der Waals surface area contributed by atoms with Gasteiger partial charge in [-0.05, 0) is 18.4 Å². The Kier molecular flexibility index (Phi) is 4.04. The van der Waals surface area contributed by atoms with Gasteiger partial charge in [0.25, 0.3) is 0 Å². The van der Waals surface area contributed by atoms with E-state index in [2.05, 4.69) is 0 Å². The standard InChI is InChI=1S/C13H18O2/c1-3-13(4-2,10-14)12(15)11-8-6-5-7-9-11/h5-10,12,15H,3-4H2,1-2H3/t12-/m0/s1. The van der Waals surface area contributed by atoms with Crippen molar-refractivity contribution in [3.8, 4) is 0 Å². The molecule has 0 aromatic heterocycles. The topological polar surface area (TPSA) is 37.3 Å². The molecular formula is C13H18O2. The minimum atomic E-state index is -0.703. The molecule has 1 N–H and O–H groups in total. The molecular weight excluding hydrogens is 188 g/mol. The Hall–Kier alpha value is -1.15. The fourth-order valence-electron chi connectivity index (χ4n) is 1.84. The Morgan fingerprint density at radius 3 is 2.20 bits per heavy atom. The van der Waals surface area contributed by atoms with E-state index in [1.54, 1.807) is 0 Å². The second kappa shape index (κ2) is 5.08. The van der Waals surface area contributed by atoms with E-state index >= 15 is 0 Å². The number of aldehydes is 1. The van der Waals surface area contributed by atoms with Crippen molar-refractivity contribution in [3.05, 3.63) is 35.9 Å². The summed E-state index contributed by atoms with van der Waals surface area (Å²) in [6.45, 7) is 3.87. The highest BCUT2D eigenvalue weighted by molar-refractivity contribution is 5.61. The first kappa shape index (κ1) is 11.9. The van der Waals surface area contributed by atoms with E-state index in [0.717, 1.165) is 11.8 Å². The lowest BCUT2D eigenvalue weighted by atomic mass is 9.76. The van der Waals surface area contributed by atoms with Crippen molar-refractivity contribution < 1.29 is 9.90 Å². The highest BCUT2D eigenvalue weighted by Gasteiger charge is 2.35. The number of benzene rings is 1. The lowest BCUT2D eigenvalue weighted by Crippen LogP contribution is -2.29. The Morgan fingerprint density at radius 2 is 1.80 bits per heavy atom. The molecule has 0 radical (unpaired) electrons. The van der Waals surface area contributed by atoms with Crippen LogP contribution in [0, 0.1) is 5.41 Å². The Bertz CT molecular complexity index is 302. The number of carbonyl (C=O) groups excluding carboxylic acids is 1. The lowest BCUT2D eigenvalue weighted by Gasteiger charge is -2.31. The summed E-state index contributed by atoms with van der Waals surface area (Å²) in [6, 6.07) is 9.36. The fraction of sp³-hybridized carbons (Fsp3) is 0.462. The average Bonchev–Trinajstić information content (AvgIpc) is 2.33. The van der Waals surface area contributed by atoms with Gasteiger partial charge in [-0.2, -0.15) is 0 Å². The molecule has 0 aliphatic rings. The predicted molar refractivity (Wildman–Crippen MR) is 60.5 cm³/mol. The fourth-order valence-corrected chi connectivity index (χ4v) is 1.84. The number of rotatable bonds is 5. The molecule has 0 unspecified atom stereocenters. The van der Waals surface area contributed by atoms with Crippen LogP contribution in [0.3, 0.4) is 0 Å².